The maximum absolute atomic E-state index is 12.5. The molecule has 0 bridgehead atoms. The van der Waals surface area contributed by atoms with Crippen molar-refractivity contribution in [3.63, 3.8) is 0 Å². The summed E-state index contributed by atoms with van der Waals surface area (Å²) < 4.78 is 5.42. The summed E-state index contributed by atoms with van der Waals surface area (Å²) in [5.41, 5.74) is 0. The number of hydrogen-bond donors (Lipinski definition) is 3. The van der Waals surface area contributed by atoms with E-state index in [1.807, 2.05) is 0 Å². The first-order valence-corrected chi connectivity index (χ1v) is 26.2. The van der Waals surface area contributed by atoms with Crippen LogP contribution in [-0.4, -0.2) is 47.4 Å². The summed E-state index contributed by atoms with van der Waals surface area (Å²) in [6.07, 6.45) is 59.7. The Morgan fingerprint density at radius 2 is 0.867 bits per heavy atom. The quantitative estimate of drug-likeness (QED) is 0.0322. The van der Waals surface area contributed by atoms with E-state index in [9.17, 15) is 19.8 Å². The highest BCUT2D eigenvalue weighted by molar-refractivity contribution is 5.76. The molecule has 2 atom stereocenters. The van der Waals surface area contributed by atoms with Crippen LogP contribution in [0, 0.1) is 0 Å². The van der Waals surface area contributed by atoms with E-state index < -0.39 is 12.1 Å². The fraction of sp³-hybridized carbons (Fsp3) is 0.852. The molecule has 0 radical (unpaired) electrons. The predicted octanol–water partition coefficient (Wildman–Crippen LogP) is 15.7. The second-order valence-electron chi connectivity index (χ2n) is 17.8. The van der Waals surface area contributed by atoms with Crippen molar-refractivity contribution in [1.82, 2.24) is 5.32 Å². The molecule has 6 nitrogen and oxygen atoms in total. The van der Waals surface area contributed by atoms with Crippen LogP contribution in [0.1, 0.15) is 271 Å². The molecule has 0 saturated heterocycles. The lowest BCUT2D eigenvalue weighted by Gasteiger charge is -2.22. The van der Waals surface area contributed by atoms with Gasteiger partial charge in [0.2, 0.25) is 5.91 Å². The Morgan fingerprint density at radius 3 is 1.35 bits per heavy atom. The number of carbonyl (C=O) groups is 2. The number of esters is 1. The third kappa shape index (κ3) is 45.6. The number of hydrogen-bond acceptors (Lipinski definition) is 5. The average molecular weight is 844 g/mol. The minimum atomic E-state index is -0.684. The number of allylic oxidation sites excluding steroid dienone is 6. The molecule has 0 spiro atoms. The van der Waals surface area contributed by atoms with Gasteiger partial charge in [-0.1, -0.05) is 217 Å². The van der Waals surface area contributed by atoms with Crippen LogP contribution in [-0.2, 0) is 14.3 Å². The first-order chi connectivity index (χ1) is 29.5. The molecule has 0 aliphatic carbocycles. The van der Waals surface area contributed by atoms with Gasteiger partial charge in [0.05, 0.1) is 25.4 Å². The third-order valence-electron chi connectivity index (χ3n) is 11.9. The first kappa shape index (κ1) is 58.1. The van der Waals surface area contributed by atoms with Crippen LogP contribution < -0.4 is 5.32 Å². The Hall–Kier alpha value is -1.92. The smallest absolute Gasteiger partial charge is 0.305 e. The summed E-state index contributed by atoms with van der Waals surface area (Å²) in [5, 5.41) is 23.3. The van der Waals surface area contributed by atoms with Gasteiger partial charge in [-0.15, -0.1) is 0 Å². The number of aliphatic hydroxyl groups is 2. The van der Waals surface area contributed by atoms with Crippen LogP contribution in [0.25, 0.3) is 0 Å². The van der Waals surface area contributed by atoms with E-state index in [0.717, 1.165) is 96.3 Å². The van der Waals surface area contributed by atoms with Gasteiger partial charge in [-0.3, -0.25) is 9.59 Å². The van der Waals surface area contributed by atoms with Crippen LogP contribution >= 0.6 is 0 Å². The summed E-state index contributed by atoms with van der Waals surface area (Å²) >= 11 is 0. The Kier molecular flexibility index (Phi) is 48.1. The highest BCUT2D eigenvalue weighted by atomic mass is 16.5. The standard InChI is InChI=1S/C54H101NO5/c1-3-5-7-9-11-13-15-17-18-19-20-21-22-24-26-30-34-38-42-46-52(57)51(50-56)55-53(58)47-43-39-35-31-27-25-29-33-37-41-45-49-60-54(59)48-44-40-36-32-28-23-16-14-12-10-8-6-4-2/h8,10,14,16,29,33,51-52,56-57H,3-7,9,11-13,15,17-28,30-32,34-50H2,1-2H3,(H,55,58)/b10-8-,16-14-,33-29-. The van der Waals surface area contributed by atoms with Gasteiger partial charge in [-0.2, -0.15) is 0 Å². The molecule has 60 heavy (non-hydrogen) atoms. The molecule has 6 heteroatoms. The zero-order valence-corrected chi connectivity index (χ0v) is 39.9. The van der Waals surface area contributed by atoms with E-state index in [0.29, 0.717) is 25.9 Å². The summed E-state index contributed by atoms with van der Waals surface area (Å²) in [7, 11) is 0. The number of rotatable bonds is 48. The van der Waals surface area contributed by atoms with Crippen molar-refractivity contribution in [2.24, 2.45) is 0 Å². The molecule has 0 aliphatic rings. The Labute approximate surface area is 373 Å². The van der Waals surface area contributed by atoms with Crippen LogP contribution in [0.15, 0.2) is 36.5 Å². The second kappa shape index (κ2) is 49.7. The highest BCUT2D eigenvalue weighted by Crippen LogP contribution is 2.16. The fourth-order valence-corrected chi connectivity index (χ4v) is 7.85. The van der Waals surface area contributed by atoms with Gasteiger partial charge in [0.1, 0.15) is 0 Å². The molecule has 3 N–H and O–H groups in total. The molecule has 0 aromatic carbocycles. The van der Waals surface area contributed by atoms with E-state index in [-0.39, 0.29) is 18.5 Å². The van der Waals surface area contributed by atoms with Crippen molar-refractivity contribution < 1.29 is 24.5 Å². The Balaban J connectivity index is 3.53. The van der Waals surface area contributed by atoms with Gasteiger partial charge >= 0.3 is 5.97 Å². The van der Waals surface area contributed by atoms with Crippen molar-refractivity contribution >= 4 is 11.9 Å². The Bertz CT molecular complexity index is 977. The largest absolute Gasteiger partial charge is 0.466 e. The lowest BCUT2D eigenvalue weighted by atomic mass is 10.0. The summed E-state index contributed by atoms with van der Waals surface area (Å²) in [6, 6.07) is -0.564. The van der Waals surface area contributed by atoms with Crippen molar-refractivity contribution in [1.29, 1.82) is 0 Å². The van der Waals surface area contributed by atoms with Crippen molar-refractivity contribution in [3.05, 3.63) is 36.5 Å². The minimum absolute atomic E-state index is 0.0466. The highest BCUT2D eigenvalue weighted by Gasteiger charge is 2.20. The molecule has 0 aromatic heterocycles. The van der Waals surface area contributed by atoms with Crippen LogP contribution in [0.5, 0.6) is 0 Å². The molecule has 352 valence electrons. The van der Waals surface area contributed by atoms with E-state index in [4.69, 9.17) is 4.74 Å². The summed E-state index contributed by atoms with van der Waals surface area (Å²) in [6.45, 7) is 4.81. The molecule has 0 aromatic rings. The van der Waals surface area contributed by atoms with Crippen LogP contribution in [0.4, 0.5) is 0 Å². The van der Waals surface area contributed by atoms with Crippen LogP contribution in [0.2, 0.25) is 0 Å². The van der Waals surface area contributed by atoms with E-state index >= 15 is 0 Å². The maximum Gasteiger partial charge on any atom is 0.305 e. The number of unbranched alkanes of at least 4 members (excludes halogenated alkanes) is 31. The fourth-order valence-electron chi connectivity index (χ4n) is 7.85. The van der Waals surface area contributed by atoms with Crippen molar-refractivity contribution in [2.45, 2.75) is 283 Å². The van der Waals surface area contributed by atoms with Crippen LogP contribution in [0.3, 0.4) is 0 Å². The van der Waals surface area contributed by atoms with Gasteiger partial charge in [0.15, 0.2) is 0 Å². The molecular formula is C54H101NO5. The predicted molar refractivity (Wildman–Crippen MR) is 259 cm³/mol. The number of carbonyl (C=O) groups excluding carboxylic acids is 2. The summed E-state index contributed by atoms with van der Waals surface area (Å²) in [5.74, 6) is -0.111. The topological polar surface area (TPSA) is 95.9 Å². The average Bonchev–Trinajstić information content (AvgIpc) is 3.25. The van der Waals surface area contributed by atoms with E-state index in [2.05, 4.69) is 55.6 Å². The maximum atomic E-state index is 12.5. The number of amides is 1. The van der Waals surface area contributed by atoms with Gasteiger partial charge in [0.25, 0.3) is 0 Å². The lowest BCUT2D eigenvalue weighted by Crippen LogP contribution is -2.45. The second-order valence-corrected chi connectivity index (χ2v) is 17.8. The monoisotopic (exact) mass is 844 g/mol. The normalized spacial score (nSPS) is 12.9. The van der Waals surface area contributed by atoms with E-state index in [1.165, 1.54) is 141 Å². The zero-order valence-electron chi connectivity index (χ0n) is 39.9. The Morgan fingerprint density at radius 1 is 0.467 bits per heavy atom. The van der Waals surface area contributed by atoms with Gasteiger partial charge in [0, 0.05) is 12.8 Å². The molecule has 1 amide bonds. The molecule has 0 rings (SSSR count). The number of nitrogens with one attached hydrogen (secondary N) is 1. The van der Waals surface area contributed by atoms with Crippen molar-refractivity contribution in [3.8, 4) is 0 Å². The van der Waals surface area contributed by atoms with Gasteiger partial charge in [-0.25, -0.2) is 0 Å². The zero-order chi connectivity index (χ0) is 43.7. The molecule has 0 heterocycles. The molecule has 0 fully saturated rings. The molecule has 2 unspecified atom stereocenters. The minimum Gasteiger partial charge on any atom is -0.466 e. The summed E-state index contributed by atoms with van der Waals surface area (Å²) in [4.78, 5) is 24.5. The van der Waals surface area contributed by atoms with Crippen molar-refractivity contribution in [2.75, 3.05) is 13.2 Å². The number of ether oxygens (including phenoxy) is 1. The van der Waals surface area contributed by atoms with Gasteiger partial charge < -0.3 is 20.3 Å². The molecule has 0 saturated carbocycles. The first-order valence-electron chi connectivity index (χ1n) is 26.2. The SMILES string of the molecule is CCC/C=C\C/C=C\CCCCCCCC(=O)OCCCC/C=C\CCCCCCCC(=O)NC(CO)C(O)CCCCCCCCCCCCCCCCCCCCC. The molecular weight excluding hydrogens is 743 g/mol. The third-order valence-corrected chi connectivity index (χ3v) is 11.9. The molecule has 0 aliphatic heterocycles. The number of aliphatic hydroxyl groups excluding tert-OH is 2. The van der Waals surface area contributed by atoms with E-state index in [1.54, 1.807) is 0 Å². The lowest BCUT2D eigenvalue weighted by molar-refractivity contribution is -0.143. The van der Waals surface area contributed by atoms with Gasteiger partial charge in [-0.05, 0) is 77.0 Å².